The lowest BCUT2D eigenvalue weighted by molar-refractivity contribution is -0.134. The van der Waals surface area contributed by atoms with Crippen LogP contribution in [0.3, 0.4) is 0 Å². The third-order valence-electron chi connectivity index (χ3n) is 4.39. The Morgan fingerprint density at radius 1 is 1.38 bits per heavy atom. The second kappa shape index (κ2) is 8.23. The Labute approximate surface area is 154 Å². The lowest BCUT2D eigenvalue weighted by atomic mass is 10.1. The molecule has 1 aliphatic rings. The highest BCUT2D eigenvalue weighted by atomic mass is 16.5. The number of carbonyl (C=O) groups is 1. The number of amides is 1. The summed E-state index contributed by atoms with van der Waals surface area (Å²) in [5.74, 6) is 1.31. The number of aromatic nitrogens is 3. The SMILES string of the molecule is Cc1ncc(CN(C)C)c(C2CCCN2C(=O)COc2cccnc2)n1. The summed E-state index contributed by atoms with van der Waals surface area (Å²) in [5.41, 5.74) is 2.02. The van der Waals surface area contributed by atoms with Crippen molar-refractivity contribution in [3.8, 4) is 5.75 Å². The molecule has 0 radical (unpaired) electrons. The molecule has 26 heavy (non-hydrogen) atoms. The molecule has 3 rings (SSSR count). The van der Waals surface area contributed by atoms with Crippen molar-refractivity contribution >= 4 is 5.91 Å². The van der Waals surface area contributed by atoms with Crippen LogP contribution in [0.15, 0.2) is 30.7 Å². The van der Waals surface area contributed by atoms with E-state index in [-0.39, 0.29) is 18.6 Å². The van der Waals surface area contributed by atoms with Gasteiger partial charge < -0.3 is 14.5 Å². The molecule has 0 aliphatic carbocycles. The normalized spacial score (nSPS) is 16.9. The van der Waals surface area contributed by atoms with E-state index in [0.29, 0.717) is 5.75 Å². The van der Waals surface area contributed by atoms with E-state index in [4.69, 9.17) is 4.74 Å². The van der Waals surface area contributed by atoms with Gasteiger partial charge >= 0.3 is 0 Å². The predicted octanol–water partition coefficient (Wildman–Crippen LogP) is 1.98. The van der Waals surface area contributed by atoms with Gasteiger partial charge in [0.15, 0.2) is 6.61 Å². The van der Waals surface area contributed by atoms with Crippen molar-refractivity contribution in [2.75, 3.05) is 27.2 Å². The van der Waals surface area contributed by atoms with Crippen LogP contribution in [0.2, 0.25) is 0 Å². The Bertz CT molecular complexity index is 751. The van der Waals surface area contributed by atoms with E-state index in [1.54, 1.807) is 24.5 Å². The Morgan fingerprint density at radius 3 is 2.96 bits per heavy atom. The molecule has 0 N–H and O–H groups in total. The number of nitrogens with zero attached hydrogens (tertiary/aromatic N) is 5. The average Bonchev–Trinajstić information content (AvgIpc) is 3.11. The number of likely N-dealkylation sites (tertiary alicyclic amines) is 1. The lowest BCUT2D eigenvalue weighted by Crippen LogP contribution is -2.35. The lowest BCUT2D eigenvalue weighted by Gasteiger charge is -2.26. The maximum absolute atomic E-state index is 12.7. The van der Waals surface area contributed by atoms with Crippen molar-refractivity contribution in [3.05, 3.63) is 47.8 Å². The molecule has 1 fully saturated rings. The number of hydrogen-bond donors (Lipinski definition) is 0. The van der Waals surface area contributed by atoms with Gasteiger partial charge in [-0.2, -0.15) is 0 Å². The van der Waals surface area contributed by atoms with Crippen LogP contribution in [-0.2, 0) is 11.3 Å². The van der Waals surface area contributed by atoms with E-state index < -0.39 is 0 Å². The number of aryl methyl sites for hydroxylation is 1. The molecule has 0 spiro atoms. The Hall–Kier alpha value is -2.54. The minimum absolute atomic E-state index is 0.00920. The number of rotatable bonds is 6. The molecule has 3 heterocycles. The highest BCUT2D eigenvalue weighted by Gasteiger charge is 2.33. The fourth-order valence-corrected chi connectivity index (χ4v) is 3.27. The average molecular weight is 355 g/mol. The molecule has 0 saturated carbocycles. The van der Waals surface area contributed by atoms with Gasteiger partial charge in [0.05, 0.1) is 17.9 Å². The first-order valence-corrected chi connectivity index (χ1v) is 8.84. The molecule has 7 heteroatoms. The zero-order valence-corrected chi connectivity index (χ0v) is 15.6. The smallest absolute Gasteiger partial charge is 0.261 e. The van der Waals surface area contributed by atoms with Crippen molar-refractivity contribution in [3.63, 3.8) is 0 Å². The molecule has 2 aromatic rings. The molecular weight excluding hydrogens is 330 g/mol. The summed E-state index contributed by atoms with van der Waals surface area (Å²) in [6.07, 6.45) is 7.04. The Morgan fingerprint density at radius 2 is 2.23 bits per heavy atom. The van der Waals surface area contributed by atoms with Crippen LogP contribution in [0.25, 0.3) is 0 Å². The predicted molar refractivity (Wildman–Crippen MR) is 97.6 cm³/mol. The number of carbonyl (C=O) groups excluding carboxylic acids is 1. The van der Waals surface area contributed by atoms with E-state index >= 15 is 0 Å². The number of ether oxygens (including phenoxy) is 1. The highest BCUT2D eigenvalue weighted by Crippen LogP contribution is 2.33. The van der Waals surface area contributed by atoms with Crippen LogP contribution in [0.4, 0.5) is 0 Å². The maximum atomic E-state index is 12.7. The summed E-state index contributed by atoms with van der Waals surface area (Å²) in [6.45, 7) is 3.37. The molecule has 1 aliphatic heterocycles. The first-order valence-electron chi connectivity index (χ1n) is 8.84. The zero-order chi connectivity index (χ0) is 18.5. The first-order chi connectivity index (χ1) is 12.5. The van der Waals surface area contributed by atoms with Gasteiger partial charge in [0.25, 0.3) is 5.91 Å². The maximum Gasteiger partial charge on any atom is 0.261 e. The van der Waals surface area contributed by atoms with E-state index in [9.17, 15) is 4.79 Å². The third kappa shape index (κ3) is 4.35. The second-order valence-electron chi connectivity index (χ2n) is 6.79. The summed E-state index contributed by atoms with van der Waals surface area (Å²) in [6, 6.07) is 3.57. The molecule has 1 unspecified atom stereocenters. The van der Waals surface area contributed by atoms with Crippen LogP contribution < -0.4 is 4.74 Å². The Balaban J connectivity index is 1.75. The molecule has 0 aromatic carbocycles. The van der Waals surface area contributed by atoms with E-state index in [0.717, 1.165) is 43.0 Å². The van der Waals surface area contributed by atoms with Crippen LogP contribution in [0.5, 0.6) is 5.75 Å². The van der Waals surface area contributed by atoms with Gasteiger partial charge in [0.1, 0.15) is 11.6 Å². The van der Waals surface area contributed by atoms with E-state index in [2.05, 4.69) is 19.9 Å². The fraction of sp³-hybridized carbons (Fsp3) is 0.474. The van der Waals surface area contributed by atoms with Crippen molar-refractivity contribution in [1.29, 1.82) is 0 Å². The standard InChI is InChI=1S/C19H25N5O2/c1-14-21-10-15(12-23(2)3)19(22-14)17-7-5-9-24(17)18(25)13-26-16-6-4-8-20-11-16/h4,6,8,10-11,17H,5,7,9,12-13H2,1-3H3. The van der Waals surface area contributed by atoms with E-state index in [1.165, 1.54) is 0 Å². The summed E-state index contributed by atoms with van der Waals surface area (Å²) < 4.78 is 5.59. The Kier molecular flexibility index (Phi) is 5.78. The van der Waals surface area contributed by atoms with Crippen LogP contribution in [0, 0.1) is 6.92 Å². The summed E-state index contributed by atoms with van der Waals surface area (Å²) >= 11 is 0. The molecule has 1 saturated heterocycles. The summed E-state index contributed by atoms with van der Waals surface area (Å²) in [5, 5.41) is 0. The second-order valence-corrected chi connectivity index (χ2v) is 6.79. The van der Waals surface area contributed by atoms with Gasteiger partial charge in [-0.3, -0.25) is 9.78 Å². The quantitative estimate of drug-likeness (QED) is 0.789. The van der Waals surface area contributed by atoms with Crippen LogP contribution >= 0.6 is 0 Å². The largest absolute Gasteiger partial charge is 0.482 e. The third-order valence-corrected chi connectivity index (χ3v) is 4.39. The van der Waals surface area contributed by atoms with Crippen LogP contribution in [-0.4, -0.2) is 57.9 Å². The summed E-state index contributed by atoms with van der Waals surface area (Å²) in [4.78, 5) is 29.7. The fourth-order valence-electron chi connectivity index (χ4n) is 3.27. The van der Waals surface area contributed by atoms with Gasteiger partial charge in [-0.25, -0.2) is 9.97 Å². The van der Waals surface area contributed by atoms with Crippen molar-refractivity contribution in [2.24, 2.45) is 0 Å². The molecule has 0 bridgehead atoms. The van der Waals surface area contributed by atoms with Gasteiger partial charge in [-0.1, -0.05) is 0 Å². The minimum atomic E-state index is -0.0246. The van der Waals surface area contributed by atoms with Crippen molar-refractivity contribution < 1.29 is 9.53 Å². The van der Waals surface area contributed by atoms with E-state index in [1.807, 2.05) is 32.1 Å². The molecule has 138 valence electrons. The first kappa shape index (κ1) is 18.3. The van der Waals surface area contributed by atoms with Gasteiger partial charge in [-0.05, 0) is 46.0 Å². The van der Waals surface area contributed by atoms with Crippen molar-refractivity contribution in [1.82, 2.24) is 24.8 Å². The molecule has 1 atom stereocenters. The van der Waals surface area contributed by atoms with Gasteiger partial charge in [-0.15, -0.1) is 0 Å². The number of hydrogen-bond acceptors (Lipinski definition) is 6. The highest BCUT2D eigenvalue weighted by molar-refractivity contribution is 5.78. The van der Waals surface area contributed by atoms with Gasteiger partial charge in [0.2, 0.25) is 0 Å². The molecule has 1 amide bonds. The topological polar surface area (TPSA) is 71.5 Å². The van der Waals surface area contributed by atoms with Gasteiger partial charge in [0, 0.05) is 31.0 Å². The van der Waals surface area contributed by atoms with Crippen LogP contribution in [0.1, 0.15) is 36.0 Å². The molecule has 2 aromatic heterocycles. The zero-order valence-electron chi connectivity index (χ0n) is 15.6. The monoisotopic (exact) mass is 355 g/mol. The molecular formula is C19H25N5O2. The molecule has 7 nitrogen and oxygen atoms in total. The van der Waals surface area contributed by atoms with Crippen molar-refractivity contribution in [2.45, 2.75) is 32.4 Å². The summed E-state index contributed by atoms with van der Waals surface area (Å²) in [7, 11) is 4.03. The number of pyridine rings is 1. The minimum Gasteiger partial charge on any atom is -0.482 e.